The molecule has 2 aromatic carbocycles. The van der Waals surface area contributed by atoms with Crippen LogP contribution in [0.3, 0.4) is 0 Å². The van der Waals surface area contributed by atoms with Crippen LogP contribution in [0.2, 0.25) is 0 Å². The zero-order valence-electron chi connectivity index (χ0n) is 13.1. The van der Waals surface area contributed by atoms with E-state index in [9.17, 15) is 9.90 Å². The number of hydrogen-bond acceptors (Lipinski definition) is 2. The van der Waals surface area contributed by atoms with Gasteiger partial charge in [0, 0.05) is 13.0 Å². The molecule has 1 amide bonds. The number of benzene rings is 2. The van der Waals surface area contributed by atoms with E-state index in [0.29, 0.717) is 6.42 Å². The quantitative estimate of drug-likeness (QED) is 0.861. The lowest BCUT2D eigenvalue weighted by Gasteiger charge is -2.25. The van der Waals surface area contributed by atoms with Gasteiger partial charge in [-0.25, -0.2) is 0 Å². The van der Waals surface area contributed by atoms with Crippen LogP contribution in [0.15, 0.2) is 60.7 Å². The van der Waals surface area contributed by atoms with Crippen molar-refractivity contribution in [2.75, 3.05) is 6.54 Å². The fourth-order valence-corrected chi connectivity index (χ4v) is 2.38. The molecule has 1 atom stereocenters. The summed E-state index contributed by atoms with van der Waals surface area (Å²) in [5, 5.41) is 12.9. The van der Waals surface area contributed by atoms with Gasteiger partial charge in [-0.15, -0.1) is 0 Å². The Hall–Kier alpha value is -2.13. The molecule has 0 spiro atoms. The van der Waals surface area contributed by atoms with Crippen molar-refractivity contribution in [3.8, 4) is 0 Å². The molecule has 0 unspecified atom stereocenters. The Balaban J connectivity index is 1.89. The van der Waals surface area contributed by atoms with E-state index in [4.69, 9.17) is 0 Å². The van der Waals surface area contributed by atoms with E-state index in [1.807, 2.05) is 74.5 Å². The van der Waals surface area contributed by atoms with Crippen LogP contribution >= 0.6 is 0 Å². The summed E-state index contributed by atoms with van der Waals surface area (Å²) in [5.74, 6) is -0.0780. The van der Waals surface area contributed by atoms with Crippen LogP contribution in [0.5, 0.6) is 0 Å². The number of carbonyl (C=O) groups excluding carboxylic acids is 1. The number of aliphatic hydroxyl groups excluding tert-OH is 1. The lowest BCUT2D eigenvalue weighted by Crippen LogP contribution is -2.43. The first-order chi connectivity index (χ1) is 10.5. The molecule has 22 heavy (non-hydrogen) atoms. The fraction of sp³-hybridized carbons (Fsp3) is 0.316. The predicted molar refractivity (Wildman–Crippen MR) is 88.6 cm³/mol. The molecular formula is C19H23NO2. The van der Waals surface area contributed by atoms with Crippen LogP contribution in [0.1, 0.15) is 25.0 Å². The molecular weight excluding hydrogens is 274 g/mol. The second kappa shape index (κ2) is 7.23. The van der Waals surface area contributed by atoms with Gasteiger partial charge in [-0.1, -0.05) is 60.7 Å². The molecule has 2 aromatic rings. The Labute approximate surface area is 132 Å². The predicted octanol–water partition coefficient (Wildman–Crippen LogP) is 2.68. The summed E-state index contributed by atoms with van der Waals surface area (Å²) < 4.78 is 0. The summed E-state index contributed by atoms with van der Waals surface area (Å²) >= 11 is 0. The molecule has 3 heteroatoms. The van der Waals surface area contributed by atoms with E-state index in [-0.39, 0.29) is 12.5 Å². The number of aliphatic hydroxyl groups is 1. The van der Waals surface area contributed by atoms with Crippen LogP contribution in [0, 0.1) is 0 Å². The molecule has 3 nitrogen and oxygen atoms in total. The molecule has 0 saturated heterocycles. The molecule has 0 aliphatic rings. The third-order valence-corrected chi connectivity index (χ3v) is 3.88. The summed E-state index contributed by atoms with van der Waals surface area (Å²) in [5.41, 5.74) is 1.41. The minimum Gasteiger partial charge on any atom is -0.391 e. The summed E-state index contributed by atoms with van der Waals surface area (Å²) in [6.07, 6.45) is -0.0506. The third-order valence-electron chi connectivity index (χ3n) is 3.88. The minimum absolute atomic E-state index is 0.0780. The second-order valence-electron chi connectivity index (χ2n) is 6.04. The maximum absolute atomic E-state index is 12.4. The molecule has 0 fully saturated rings. The van der Waals surface area contributed by atoms with E-state index < -0.39 is 11.5 Å². The van der Waals surface area contributed by atoms with Gasteiger partial charge in [0.15, 0.2) is 0 Å². The van der Waals surface area contributed by atoms with Crippen molar-refractivity contribution in [3.05, 3.63) is 71.8 Å². The van der Waals surface area contributed by atoms with Crippen molar-refractivity contribution in [2.24, 2.45) is 0 Å². The van der Waals surface area contributed by atoms with E-state index >= 15 is 0 Å². The second-order valence-corrected chi connectivity index (χ2v) is 6.04. The summed E-state index contributed by atoms with van der Waals surface area (Å²) in [6, 6.07) is 19.4. The van der Waals surface area contributed by atoms with Crippen LogP contribution in [-0.2, 0) is 16.6 Å². The first kappa shape index (κ1) is 16.2. The number of rotatable bonds is 6. The molecule has 0 radical (unpaired) electrons. The van der Waals surface area contributed by atoms with Gasteiger partial charge in [0.1, 0.15) is 0 Å². The number of amides is 1. The average molecular weight is 297 g/mol. The van der Waals surface area contributed by atoms with Gasteiger partial charge in [0.05, 0.1) is 11.5 Å². The van der Waals surface area contributed by atoms with Crippen LogP contribution < -0.4 is 5.32 Å². The fourth-order valence-electron chi connectivity index (χ4n) is 2.38. The normalized spacial score (nSPS) is 12.7. The molecule has 0 aromatic heterocycles. The summed E-state index contributed by atoms with van der Waals surface area (Å²) in [7, 11) is 0. The van der Waals surface area contributed by atoms with Gasteiger partial charge in [-0.3, -0.25) is 4.79 Å². The van der Waals surface area contributed by atoms with Crippen molar-refractivity contribution in [1.82, 2.24) is 5.32 Å². The summed E-state index contributed by atoms with van der Waals surface area (Å²) in [4.78, 5) is 12.4. The number of nitrogens with one attached hydrogen (secondary N) is 1. The maximum Gasteiger partial charge on any atom is 0.230 e. The first-order valence-electron chi connectivity index (χ1n) is 7.56. The van der Waals surface area contributed by atoms with E-state index in [2.05, 4.69) is 5.32 Å². The lowest BCUT2D eigenvalue weighted by molar-refractivity contribution is -0.126. The highest BCUT2D eigenvalue weighted by Gasteiger charge is 2.29. The van der Waals surface area contributed by atoms with E-state index in [0.717, 1.165) is 11.1 Å². The van der Waals surface area contributed by atoms with Gasteiger partial charge >= 0.3 is 0 Å². The monoisotopic (exact) mass is 297 g/mol. The van der Waals surface area contributed by atoms with Crippen molar-refractivity contribution in [2.45, 2.75) is 31.8 Å². The van der Waals surface area contributed by atoms with Crippen molar-refractivity contribution in [1.29, 1.82) is 0 Å². The smallest absolute Gasteiger partial charge is 0.230 e. The third kappa shape index (κ3) is 4.18. The van der Waals surface area contributed by atoms with Crippen molar-refractivity contribution < 1.29 is 9.90 Å². The Morgan fingerprint density at radius 3 is 2.18 bits per heavy atom. The molecule has 0 aliphatic carbocycles. The van der Waals surface area contributed by atoms with Gasteiger partial charge in [0.2, 0.25) is 5.91 Å². The SMILES string of the molecule is CC(C)(C(=O)NC[C@@H](O)Cc1ccccc1)c1ccccc1. The Kier molecular flexibility index (Phi) is 5.34. The van der Waals surface area contributed by atoms with Crippen molar-refractivity contribution in [3.63, 3.8) is 0 Å². The highest BCUT2D eigenvalue weighted by Crippen LogP contribution is 2.22. The molecule has 2 N–H and O–H groups in total. The van der Waals surface area contributed by atoms with Crippen molar-refractivity contribution >= 4 is 5.91 Å². The zero-order valence-corrected chi connectivity index (χ0v) is 13.1. The van der Waals surface area contributed by atoms with Crippen LogP contribution in [-0.4, -0.2) is 23.7 Å². The van der Waals surface area contributed by atoms with Gasteiger partial charge in [-0.05, 0) is 25.0 Å². The lowest BCUT2D eigenvalue weighted by atomic mass is 9.83. The van der Waals surface area contributed by atoms with Crippen LogP contribution in [0.25, 0.3) is 0 Å². The molecule has 0 saturated carbocycles. The van der Waals surface area contributed by atoms with Crippen LogP contribution in [0.4, 0.5) is 0 Å². The molecule has 2 rings (SSSR count). The standard InChI is InChI=1S/C19H23NO2/c1-19(2,16-11-7-4-8-12-16)18(22)20-14-17(21)13-15-9-5-3-6-10-15/h3-12,17,21H,13-14H2,1-2H3,(H,20,22)/t17-/m0/s1. The zero-order chi connectivity index (χ0) is 16.0. The molecule has 0 aliphatic heterocycles. The van der Waals surface area contributed by atoms with E-state index in [1.54, 1.807) is 0 Å². The maximum atomic E-state index is 12.4. The Bertz CT molecular complexity index is 593. The highest BCUT2D eigenvalue weighted by atomic mass is 16.3. The Morgan fingerprint density at radius 1 is 1.05 bits per heavy atom. The highest BCUT2D eigenvalue weighted by molar-refractivity contribution is 5.87. The topological polar surface area (TPSA) is 49.3 Å². The number of hydrogen-bond donors (Lipinski definition) is 2. The van der Waals surface area contributed by atoms with E-state index in [1.165, 1.54) is 0 Å². The largest absolute Gasteiger partial charge is 0.391 e. The van der Waals surface area contributed by atoms with Gasteiger partial charge in [-0.2, -0.15) is 0 Å². The molecule has 0 bridgehead atoms. The Morgan fingerprint density at radius 2 is 1.59 bits per heavy atom. The first-order valence-corrected chi connectivity index (χ1v) is 7.56. The average Bonchev–Trinajstić information content (AvgIpc) is 2.54. The molecule has 116 valence electrons. The molecule has 0 heterocycles. The minimum atomic E-state index is -0.617. The van der Waals surface area contributed by atoms with Gasteiger partial charge < -0.3 is 10.4 Å². The number of carbonyl (C=O) groups is 1. The van der Waals surface area contributed by atoms with Gasteiger partial charge in [0.25, 0.3) is 0 Å². The summed E-state index contributed by atoms with van der Waals surface area (Å²) in [6.45, 7) is 4.03.